The molecule has 0 amide bonds. The van der Waals surface area contributed by atoms with Crippen molar-refractivity contribution in [1.82, 2.24) is 0 Å². The zero-order valence-corrected chi connectivity index (χ0v) is 46.0. The standard InChI is InChI=1S/C48H80O40/c49-1-9-33-17(57)25(65)41(73-9)82-34-10(2-50)75-43(27(67)19(34)59)84-36-12(4-52)77-45(29(69)21(36)61)86-38-14(6-54)79-47(31(71)23(38)63)88-40-16(8-56)80-48(32(72)24(40)64)87-39-15(7-55)78-46(30(70)22(39)62)85-37-13(5-53)76-44(28(68)20(37)60)83-35-11(3-51)74-42(81-33)26(66)18(35)58/h9-72H,1-8H2/t9-,10-,11-,12-,13-,14-,15-,16-,17-,18-,19-,20-,21-,22-,23-,24-,25-,26-,27-,28-,29-,30-,31-,32-,33-,34-,35?,36?,37?,38?,39-,40-,41?,42?,43?,44?,45?,46?,47?,48?/m1/s1. The van der Waals surface area contributed by atoms with Crippen molar-refractivity contribution in [2.45, 2.75) is 246 Å². The predicted octanol–water partition coefficient (Wildman–Crippen LogP) is -17.4. The first-order valence-electron chi connectivity index (χ1n) is 28.1. The lowest BCUT2D eigenvalue weighted by Crippen LogP contribution is -2.69. The van der Waals surface area contributed by atoms with Crippen molar-refractivity contribution in [3.05, 3.63) is 0 Å². The average molecular weight is 1300 g/mol. The molecule has 40 atom stereocenters. The van der Waals surface area contributed by atoms with Crippen LogP contribution in [0.2, 0.25) is 0 Å². The Kier molecular flexibility index (Phi) is 24.1. The van der Waals surface area contributed by atoms with Crippen molar-refractivity contribution in [2.75, 3.05) is 52.9 Å². The molecule has 0 aromatic heterocycles. The lowest BCUT2D eigenvalue weighted by molar-refractivity contribution is -0.404. The molecule has 88 heavy (non-hydrogen) atoms. The topological polar surface area (TPSA) is 633 Å². The highest BCUT2D eigenvalue weighted by Crippen LogP contribution is 2.40. The Balaban J connectivity index is 0.975. The highest BCUT2D eigenvalue weighted by molar-refractivity contribution is 5.02. The SMILES string of the molecule is OC[C@H]1OC2OC3[C@@H](CO)OC(O[C@H]4[C@H](O)[C@@H](O)C(O[C@H]5[C@H](O)[C@@H](O)C(OC6[C@@H](CO)OC(OC7[C@@H](CO)OC(O[C@H]8[C@H](O)[C@@H](O)C(O[C@H]9[C@H](O)[C@@H](O)C(OC1[C@H](O)[C@H]2O)O[C@@H]9CO)O[C@@H]8CO)[C@H](O)[C@H]7O)[C@H](O)[C@H]6O)O[C@@H]5CO)O[C@@H]4CO)[C@H](O)[C@H]3O. The first-order valence-corrected chi connectivity index (χ1v) is 28.1. The number of rotatable bonds is 8. The molecule has 24 N–H and O–H groups in total. The molecule has 30 rings (SSSR count). The van der Waals surface area contributed by atoms with Gasteiger partial charge in [-0.15, -0.1) is 0 Å². The summed E-state index contributed by atoms with van der Waals surface area (Å²) in [5, 5.41) is 265. The number of hydrogen-bond acceptors (Lipinski definition) is 40. The van der Waals surface area contributed by atoms with Crippen LogP contribution in [0.25, 0.3) is 0 Å². The van der Waals surface area contributed by atoms with E-state index in [0.717, 1.165) is 0 Å². The van der Waals surface area contributed by atoms with E-state index in [0.29, 0.717) is 0 Å². The Bertz CT molecular complexity index is 1700. The molecule has 30 aliphatic rings. The van der Waals surface area contributed by atoms with Crippen LogP contribution >= 0.6 is 0 Å². The van der Waals surface area contributed by atoms with E-state index in [4.69, 9.17) is 75.8 Å². The molecule has 16 bridgehead atoms. The number of aliphatic hydroxyl groups excluding tert-OH is 24. The maximum atomic E-state index is 11.4. The summed E-state index contributed by atoms with van der Waals surface area (Å²) in [6.07, 6.45) is -82.0. The maximum absolute atomic E-state index is 11.4. The van der Waals surface area contributed by atoms with Crippen LogP contribution in [-0.4, -0.2) is 421 Å². The Morgan fingerprint density at radius 3 is 0.307 bits per heavy atom. The van der Waals surface area contributed by atoms with Gasteiger partial charge in [-0.25, -0.2) is 0 Å². The van der Waals surface area contributed by atoms with Gasteiger partial charge in [0.2, 0.25) is 0 Å². The highest BCUT2D eigenvalue weighted by Gasteiger charge is 2.60. The summed E-state index contributed by atoms with van der Waals surface area (Å²) in [5.41, 5.74) is 0. The van der Waals surface area contributed by atoms with Crippen molar-refractivity contribution in [1.29, 1.82) is 0 Å². The van der Waals surface area contributed by atoms with E-state index in [9.17, 15) is 123 Å². The zero-order valence-electron chi connectivity index (χ0n) is 46.0. The summed E-state index contributed by atoms with van der Waals surface area (Å²) >= 11 is 0. The Morgan fingerprint density at radius 1 is 0.136 bits per heavy atom. The molecular weight excluding hydrogens is 1220 g/mol. The monoisotopic (exact) mass is 1300 g/mol. The third kappa shape index (κ3) is 13.8. The van der Waals surface area contributed by atoms with Crippen LogP contribution in [0.3, 0.4) is 0 Å². The Morgan fingerprint density at radius 2 is 0.227 bits per heavy atom. The summed E-state index contributed by atoms with van der Waals surface area (Å²) in [7, 11) is 0. The lowest BCUT2D eigenvalue weighted by Gasteiger charge is -2.50. The number of aliphatic hydroxyl groups is 24. The van der Waals surface area contributed by atoms with E-state index in [2.05, 4.69) is 0 Å². The minimum Gasteiger partial charge on any atom is -0.394 e. The van der Waals surface area contributed by atoms with Crippen LogP contribution in [0.15, 0.2) is 0 Å². The molecule has 30 saturated heterocycles. The normalized spacial score (nSPS) is 55.4. The number of hydrogen-bond donors (Lipinski definition) is 24. The summed E-state index contributed by atoms with van der Waals surface area (Å²) < 4.78 is 91.1. The molecule has 0 aliphatic carbocycles. The molecule has 40 nitrogen and oxygen atoms in total. The fourth-order valence-corrected chi connectivity index (χ4v) is 11.9. The smallest absolute Gasteiger partial charge is 0.187 e. The van der Waals surface area contributed by atoms with Crippen LogP contribution in [0, 0.1) is 0 Å². The second-order valence-electron chi connectivity index (χ2n) is 22.5. The van der Waals surface area contributed by atoms with Gasteiger partial charge < -0.3 is 198 Å². The minimum absolute atomic E-state index is 1.08. The van der Waals surface area contributed by atoms with Gasteiger partial charge in [0.25, 0.3) is 0 Å². The molecule has 30 heterocycles. The molecule has 0 aromatic rings. The summed E-state index contributed by atoms with van der Waals surface area (Å²) in [5.74, 6) is 0. The van der Waals surface area contributed by atoms with Crippen molar-refractivity contribution < 1.29 is 198 Å². The van der Waals surface area contributed by atoms with Gasteiger partial charge in [-0.05, 0) is 0 Å². The Labute approximate surface area is 496 Å². The van der Waals surface area contributed by atoms with Gasteiger partial charge in [0.05, 0.1) is 52.9 Å². The molecule has 512 valence electrons. The average Bonchev–Trinajstić information content (AvgIpc) is 3.32. The molecule has 40 heteroatoms. The van der Waals surface area contributed by atoms with E-state index < -0.39 is 299 Å². The third-order valence-electron chi connectivity index (χ3n) is 16.9. The maximum Gasteiger partial charge on any atom is 0.187 e. The quantitative estimate of drug-likeness (QED) is 0.107. The Hall–Kier alpha value is -1.60. The summed E-state index contributed by atoms with van der Waals surface area (Å²) in [6.45, 7) is -8.64. The van der Waals surface area contributed by atoms with Crippen LogP contribution in [0.4, 0.5) is 0 Å². The molecule has 12 unspecified atom stereocenters. The van der Waals surface area contributed by atoms with Gasteiger partial charge in [-0.1, -0.05) is 0 Å². The van der Waals surface area contributed by atoms with Crippen molar-refractivity contribution in [3.8, 4) is 0 Å². The summed E-state index contributed by atoms with van der Waals surface area (Å²) in [4.78, 5) is 0. The molecular formula is C48H80O40. The molecule has 30 aliphatic heterocycles. The first-order chi connectivity index (χ1) is 41.9. The van der Waals surface area contributed by atoms with E-state index in [-0.39, 0.29) is 0 Å². The van der Waals surface area contributed by atoms with Gasteiger partial charge in [-0.2, -0.15) is 0 Å². The predicted molar refractivity (Wildman–Crippen MR) is 261 cm³/mol. The molecule has 30 fully saturated rings. The highest BCUT2D eigenvalue weighted by atomic mass is 16.8. The second kappa shape index (κ2) is 30.0. The fourth-order valence-electron chi connectivity index (χ4n) is 11.9. The molecule has 0 spiro atoms. The van der Waals surface area contributed by atoms with Crippen molar-refractivity contribution in [2.24, 2.45) is 0 Å². The van der Waals surface area contributed by atoms with E-state index >= 15 is 0 Å². The van der Waals surface area contributed by atoms with Crippen molar-refractivity contribution in [3.63, 3.8) is 0 Å². The molecule has 0 saturated carbocycles. The van der Waals surface area contributed by atoms with E-state index in [1.54, 1.807) is 0 Å². The van der Waals surface area contributed by atoms with Gasteiger partial charge >= 0.3 is 0 Å². The van der Waals surface area contributed by atoms with Crippen LogP contribution in [0.1, 0.15) is 0 Å². The van der Waals surface area contributed by atoms with E-state index in [1.807, 2.05) is 0 Å². The van der Waals surface area contributed by atoms with Gasteiger partial charge in [0, 0.05) is 0 Å². The largest absolute Gasteiger partial charge is 0.394 e. The first kappa shape index (κ1) is 70.7. The van der Waals surface area contributed by atoms with Gasteiger partial charge in [0.15, 0.2) is 50.3 Å². The van der Waals surface area contributed by atoms with Gasteiger partial charge in [-0.3, -0.25) is 0 Å². The third-order valence-corrected chi connectivity index (χ3v) is 16.9. The lowest BCUT2D eigenvalue weighted by atomic mass is 9.94. The van der Waals surface area contributed by atoms with Crippen LogP contribution in [0.5, 0.6) is 0 Å². The van der Waals surface area contributed by atoms with Crippen LogP contribution < -0.4 is 0 Å². The second-order valence-corrected chi connectivity index (χ2v) is 22.5. The number of ether oxygens (including phenoxy) is 16. The minimum atomic E-state index is -2.25. The van der Waals surface area contributed by atoms with Gasteiger partial charge in [0.1, 0.15) is 195 Å². The van der Waals surface area contributed by atoms with Crippen molar-refractivity contribution >= 4 is 0 Å². The summed E-state index contributed by atoms with van der Waals surface area (Å²) in [6, 6.07) is 0. The zero-order chi connectivity index (χ0) is 64.1. The van der Waals surface area contributed by atoms with Crippen LogP contribution in [-0.2, 0) is 75.8 Å². The molecule has 0 aromatic carbocycles. The van der Waals surface area contributed by atoms with E-state index in [1.165, 1.54) is 0 Å². The fraction of sp³-hybridized carbons (Fsp3) is 1.00. The molecule has 0 radical (unpaired) electrons.